The van der Waals surface area contributed by atoms with E-state index in [1.807, 2.05) is 11.9 Å². The van der Waals surface area contributed by atoms with Gasteiger partial charge in [-0.1, -0.05) is 13.8 Å². The first-order valence-electron chi connectivity index (χ1n) is 12.5. The van der Waals surface area contributed by atoms with E-state index in [4.69, 9.17) is 0 Å². The molecule has 4 aliphatic rings. The summed E-state index contributed by atoms with van der Waals surface area (Å²) in [5.41, 5.74) is 1.02. The fraction of sp³-hybridized carbons (Fsp3) is 0.962. The summed E-state index contributed by atoms with van der Waals surface area (Å²) in [6, 6.07) is 1.18. The van der Waals surface area contributed by atoms with Gasteiger partial charge < -0.3 is 9.80 Å². The highest BCUT2D eigenvalue weighted by molar-refractivity contribution is 5.73. The Morgan fingerprint density at radius 1 is 0.897 bits per heavy atom. The van der Waals surface area contributed by atoms with Crippen LogP contribution in [0.1, 0.15) is 85.5 Å². The summed E-state index contributed by atoms with van der Waals surface area (Å²) in [4.78, 5) is 16.5. The third-order valence-corrected chi connectivity index (χ3v) is 11.1. The van der Waals surface area contributed by atoms with Gasteiger partial charge in [0.15, 0.2) is 0 Å². The molecule has 4 fully saturated rings. The zero-order chi connectivity index (χ0) is 21.1. The van der Waals surface area contributed by atoms with Crippen molar-refractivity contribution in [3.8, 4) is 0 Å². The molecule has 0 heterocycles. The smallest absolute Gasteiger partial charge is 0.219 e. The molecule has 4 aliphatic carbocycles. The maximum atomic E-state index is 12.0. The van der Waals surface area contributed by atoms with Crippen molar-refractivity contribution < 1.29 is 4.79 Å². The summed E-state index contributed by atoms with van der Waals surface area (Å²) in [7, 11) is 6.58. The highest BCUT2D eigenvalue weighted by atomic mass is 16.2. The van der Waals surface area contributed by atoms with E-state index in [2.05, 4.69) is 39.8 Å². The monoisotopic (exact) mass is 402 g/mol. The Morgan fingerprint density at radius 3 is 2.21 bits per heavy atom. The van der Waals surface area contributed by atoms with Crippen LogP contribution in [0.4, 0.5) is 0 Å². The number of fused-ring (bicyclic) bond motifs is 5. The zero-order valence-corrected chi connectivity index (χ0v) is 20.2. The minimum absolute atomic E-state index is 0.226. The molecule has 3 nitrogen and oxygen atoms in total. The summed E-state index contributed by atoms with van der Waals surface area (Å²) in [5.74, 6) is 4.61. The first kappa shape index (κ1) is 21.7. The molecule has 0 saturated heterocycles. The fourth-order valence-electron chi connectivity index (χ4n) is 9.09. The van der Waals surface area contributed by atoms with Crippen molar-refractivity contribution in [3.63, 3.8) is 0 Å². The van der Waals surface area contributed by atoms with Crippen molar-refractivity contribution in [1.29, 1.82) is 0 Å². The number of carbonyl (C=O) groups excluding carboxylic acids is 1. The second kappa shape index (κ2) is 7.53. The number of hydrogen-bond donors (Lipinski definition) is 0. The van der Waals surface area contributed by atoms with Gasteiger partial charge in [0.25, 0.3) is 0 Å². The number of amides is 1. The molecule has 9 atom stereocenters. The van der Waals surface area contributed by atoms with Crippen LogP contribution in [0.5, 0.6) is 0 Å². The van der Waals surface area contributed by atoms with Crippen molar-refractivity contribution in [1.82, 2.24) is 9.80 Å². The summed E-state index contributed by atoms with van der Waals surface area (Å²) in [5, 5.41) is 0. The highest BCUT2D eigenvalue weighted by Gasteiger charge is 2.61. The molecule has 3 heteroatoms. The highest BCUT2D eigenvalue weighted by Crippen LogP contribution is 2.68. The fourth-order valence-corrected chi connectivity index (χ4v) is 9.09. The van der Waals surface area contributed by atoms with E-state index in [0.717, 1.165) is 29.7 Å². The molecule has 166 valence electrons. The van der Waals surface area contributed by atoms with Crippen molar-refractivity contribution in [2.75, 3.05) is 21.1 Å². The van der Waals surface area contributed by atoms with E-state index < -0.39 is 0 Å². The van der Waals surface area contributed by atoms with Gasteiger partial charge >= 0.3 is 0 Å². The number of hydrogen-bond acceptors (Lipinski definition) is 2. The molecule has 0 aromatic rings. The summed E-state index contributed by atoms with van der Waals surface area (Å²) in [6.45, 7) is 9.33. The zero-order valence-electron chi connectivity index (χ0n) is 20.2. The van der Waals surface area contributed by atoms with Crippen LogP contribution in [0.25, 0.3) is 0 Å². The van der Waals surface area contributed by atoms with Crippen LogP contribution < -0.4 is 0 Å². The summed E-state index contributed by atoms with van der Waals surface area (Å²) in [6.07, 6.45) is 12.7. The predicted octanol–water partition coefficient (Wildman–Crippen LogP) is 5.44. The second-order valence-corrected chi connectivity index (χ2v) is 12.1. The standard InChI is InChI=1S/C26H46N2O/c1-17(28(7)18(2)29)22-10-11-23-21-9-8-19-16-20(27(5)6)12-14-25(19,3)24(21)13-15-26(22,23)4/h17,19-24H,8-16H2,1-7H3/t17?,19?,20?,21?,22?,23?,24?,25-,26+/m0/s1. The molecule has 0 radical (unpaired) electrons. The van der Waals surface area contributed by atoms with Gasteiger partial charge in [0, 0.05) is 26.1 Å². The van der Waals surface area contributed by atoms with Crippen LogP contribution in [0.15, 0.2) is 0 Å². The van der Waals surface area contributed by atoms with Gasteiger partial charge in [0.1, 0.15) is 0 Å². The van der Waals surface area contributed by atoms with Crippen LogP contribution >= 0.6 is 0 Å². The lowest BCUT2D eigenvalue weighted by Crippen LogP contribution is -2.56. The lowest BCUT2D eigenvalue weighted by molar-refractivity contribution is -0.135. The van der Waals surface area contributed by atoms with Gasteiger partial charge in [-0.3, -0.25) is 4.79 Å². The van der Waals surface area contributed by atoms with Crippen molar-refractivity contribution in [2.24, 2.45) is 40.4 Å². The molecule has 29 heavy (non-hydrogen) atoms. The largest absolute Gasteiger partial charge is 0.343 e. The molecule has 7 unspecified atom stereocenters. The van der Waals surface area contributed by atoms with Crippen LogP contribution in [0, 0.1) is 40.4 Å². The number of rotatable bonds is 3. The van der Waals surface area contributed by atoms with Crippen LogP contribution in [0.2, 0.25) is 0 Å². The van der Waals surface area contributed by atoms with Gasteiger partial charge in [-0.25, -0.2) is 0 Å². The molecule has 0 aliphatic heterocycles. The Bertz CT molecular complexity index is 632. The average molecular weight is 403 g/mol. The van der Waals surface area contributed by atoms with Gasteiger partial charge in [0.2, 0.25) is 5.91 Å². The van der Waals surface area contributed by atoms with E-state index in [0.29, 0.717) is 22.8 Å². The molecular formula is C26H46N2O. The van der Waals surface area contributed by atoms with Crippen LogP contribution in [-0.4, -0.2) is 48.9 Å². The van der Waals surface area contributed by atoms with Gasteiger partial charge in [-0.15, -0.1) is 0 Å². The van der Waals surface area contributed by atoms with E-state index in [-0.39, 0.29) is 5.91 Å². The third-order valence-electron chi connectivity index (χ3n) is 11.1. The number of carbonyl (C=O) groups is 1. The molecule has 0 aromatic carbocycles. The minimum atomic E-state index is 0.226. The summed E-state index contributed by atoms with van der Waals surface area (Å²) < 4.78 is 0. The van der Waals surface area contributed by atoms with E-state index in [9.17, 15) is 4.79 Å². The Morgan fingerprint density at radius 2 is 1.55 bits per heavy atom. The molecule has 1 amide bonds. The lowest BCUT2D eigenvalue weighted by Gasteiger charge is -2.62. The van der Waals surface area contributed by atoms with Crippen molar-refractivity contribution in [2.45, 2.75) is 97.6 Å². The third kappa shape index (κ3) is 3.29. The lowest BCUT2D eigenvalue weighted by atomic mass is 9.44. The van der Waals surface area contributed by atoms with E-state index in [1.54, 1.807) is 6.92 Å². The summed E-state index contributed by atoms with van der Waals surface area (Å²) >= 11 is 0. The van der Waals surface area contributed by atoms with Crippen molar-refractivity contribution >= 4 is 5.91 Å². The Kier molecular flexibility index (Phi) is 5.63. The van der Waals surface area contributed by atoms with Crippen LogP contribution in [0.3, 0.4) is 0 Å². The first-order valence-corrected chi connectivity index (χ1v) is 12.5. The Balaban J connectivity index is 1.53. The normalized spacial score (nSPS) is 47.9. The molecule has 4 rings (SSSR count). The average Bonchev–Trinajstić information content (AvgIpc) is 3.03. The maximum absolute atomic E-state index is 12.0. The SMILES string of the molecule is CC(=O)N(C)C(C)C1CCC2C3CCC4CC(N(C)C)CC[C@]4(C)C3CC[C@@]21C. The molecular weight excluding hydrogens is 356 g/mol. The molecule has 0 aromatic heterocycles. The first-order chi connectivity index (χ1) is 13.6. The predicted molar refractivity (Wildman–Crippen MR) is 121 cm³/mol. The molecule has 0 N–H and O–H groups in total. The maximum Gasteiger partial charge on any atom is 0.219 e. The molecule has 4 saturated carbocycles. The van der Waals surface area contributed by atoms with E-state index >= 15 is 0 Å². The van der Waals surface area contributed by atoms with Gasteiger partial charge in [-0.2, -0.15) is 0 Å². The Hall–Kier alpha value is -0.570. The van der Waals surface area contributed by atoms with Gasteiger partial charge in [0.05, 0.1) is 0 Å². The quantitative estimate of drug-likeness (QED) is 0.627. The van der Waals surface area contributed by atoms with E-state index in [1.165, 1.54) is 57.8 Å². The topological polar surface area (TPSA) is 23.6 Å². The second-order valence-electron chi connectivity index (χ2n) is 12.1. The van der Waals surface area contributed by atoms with Crippen LogP contribution in [-0.2, 0) is 4.79 Å². The van der Waals surface area contributed by atoms with Gasteiger partial charge in [-0.05, 0) is 119 Å². The molecule has 0 spiro atoms. The van der Waals surface area contributed by atoms with Crippen molar-refractivity contribution in [3.05, 3.63) is 0 Å². The Labute approximate surface area is 180 Å². The molecule has 0 bridgehead atoms. The minimum Gasteiger partial charge on any atom is -0.343 e. The number of nitrogens with zero attached hydrogens (tertiary/aromatic N) is 2.